The molecule has 2 aromatic heterocycles. The summed E-state index contributed by atoms with van der Waals surface area (Å²) in [5.41, 5.74) is 23.6. The van der Waals surface area contributed by atoms with Gasteiger partial charge in [0, 0.05) is 55.3 Å². The van der Waals surface area contributed by atoms with Gasteiger partial charge in [-0.15, -0.1) is 0 Å². The Morgan fingerprint density at radius 3 is 1.55 bits per heavy atom. The zero-order valence-corrected chi connectivity index (χ0v) is 46.2. The number of benzene rings is 10. The second-order valence-corrected chi connectivity index (χ2v) is 22.1. The summed E-state index contributed by atoms with van der Waals surface area (Å²) in [5.74, 6) is 0. The van der Waals surface area contributed by atoms with Crippen LogP contribution in [0.3, 0.4) is 0 Å². The number of para-hydroxylation sites is 3. The first kappa shape index (κ1) is 50.6. The molecule has 0 saturated carbocycles. The van der Waals surface area contributed by atoms with Gasteiger partial charge in [-0.25, -0.2) is 0 Å². The van der Waals surface area contributed by atoms with Gasteiger partial charge in [0.1, 0.15) is 11.2 Å². The summed E-state index contributed by atoms with van der Waals surface area (Å²) in [5, 5.41) is 4.78. The minimum atomic E-state index is -0.177. The molecule has 13 rings (SSSR count). The van der Waals surface area contributed by atoms with Gasteiger partial charge in [-0.2, -0.15) is 0 Å². The van der Waals surface area contributed by atoms with Crippen molar-refractivity contribution in [3.05, 3.63) is 254 Å². The Kier molecular flexibility index (Phi) is 13.7. The third-order valence-corrected chi connectivity index (χ3v) is 17.3. The lowest BCUT2D eigenvalue weighted by atomic mass is 9.70. The first-order valence-corrected chi connectivity index (χ1v) is 29.2. The van der Waals surface area contributed by atoms with Gasteiger partial charge in [0.2, 0.25) is 0 Å². The molecule has 0 saturated heterocycles. The fourth-order valence-corrected chi connectivity index (χ4v) is 13.2. The summed E-state index contributed by atoms with van der Waals surface area (Å²) in [6.07, 6.45) is 15.8. The molecular formula is C77H68N2O. The maximum atomic E-state index is 6.53. The monoisotopic (exact) mass is 1040 g/mol. The molecule has 0 aliphatic heterocycles. The molecule has 0 fully saturated rings. The number of rotatable bonds is 19. The van der Waals surface area contributed by atoms with Crippen LogP contribution in [-0.2, 0) is 5.41 Å². The van der Waals surface area contributed by atoms with Crippen LogP contribution in [0.4, 0.5) is 17.1 Å². The van der Waals surface area contributed by atoms with Crippen molar-refractivity contribution in [1.29, 1.82) is 0 Å². The first-order chi connectivity index (χ1) is 39.5. The Bertz CT molecular complexity index is 4110. The highest BCUT2D eigenvalue weighted by Gasteiger charge is 2.43. The van der Waals surface area contributed by atoms with Crippen LogP contribution in [0.1, 0.15) is 100 Å². The maximum Gasteiger partial charge on any atom is 0.143 e. The van der Waals surface area contributed by atoms with Crippen molar-refractivity contribution in [3.63, 3.8) is 0 Å². The van der Waals surface area contributed by atoms with Gasteiger partial charge in [0.15, 0.2) is 0 Å². The molecule has 1 aliphatic carbocycles. The molecule has 0 N–H and O–H groups in total. The second kappa shape index (κ2) is 21.7. The molecule has 0 spiro atoms. The van der Waals surface area contributed by atoms with E-state index in [0.29, 0.717) is 0 Å². The van der Waals surface area contributed by atoms with Gasteiger partial charge in [-0.05, 0) is 153 Å². The Morgan fingerprint density at radius 1 is 0.412 bits per heavy atom. The number of unbranched alkanes of at least 4 members (excludes halogenated alkanes) is 6. The molecule has 0 bridgehead atoms. The van der Waals surface area contributed by atoms with Crippen LogP contribution in [0.15, 0.2) is 236 Å². The molecule has 0 unspecified atom stereocenters. The minimum Gasteiger partial charge on any atom is -0.455 e. The highest BCUT2D eigenvalue weighted by atomic mass is 16.3. The normalized spacial score (nSPS) is 12.6. The summed E-state index contributed by atoms with van der Waals surface area (Å²) in [4.78, 5) is 2.46. The molecule has 80 heavy (non-hydrogen) atoms. The summed E-state index contributed by atoms with van der Waals surface area (Å²) in [7, 11) is 0. The van der Waals surface area contributed by atoms with Crippen molar-refractivity contribution in [1.82, 2.24) is 4.57 Å². The molecule has 10 aromatic carbocycles. The summed E-state index contributed by atoms with van der Waals surface area (Å²) in [6, 6.07) is 81.4. The predicted octanol–water partition coefficient (Wildman–Crippen LogP) is 22.6. The molecule has 0 radical (unpaired) electrons. The minimum absolute atomic E-state index is 0.177. The van der Waals surface area contributed by atoms with E-state index in [2.05, 4.69) is 249 Å². The van der Waals surface area contributed by atoms with Gasteiger partial charge in [0.25, 0.3) is 0 Å². The van der Waals surface area contributed by atoms with E-state index in [-0.39, 0.29) is 5.41 Å². The van der Waals surface area contributed by atoms with E-state index in [1.165, 1.54) is 129 Å². The number of aromatic nitrogens is 1. The molecular weight excluding hydrogens is 969 g/mol. The Morgan fingerprint density at radius 2 is 0.938 bits per heavy atom. The third kappa shape index (κ3) is 9.05. The van der Waals surface area contributed by atoms with E-state index >= 15 is 0 Å². The number of anilines is 3. The van der Waals surface area contributed by atoms with Gasteiger partial charge in [-0.3, -0.25) is 0 Å². The van der Waals surface area contributed by atoms with E-state index in [0.717, 1.165) is 68.4 Å². The Hall–Kier alpha value is -8.92. The van der Waals surface area contributed by atoms with E-state index in [4.69, 9.17) is 4.42 Å². The summed E-state index contributed by atoms with van der Waals surface area (Å²) < 4.78 is 9.07. The number of furan rings is 1. The van der Waals surface area contributed by atoms with E-state index in [1.54, 1.807) is 0 Å². The van der Waals surface area contributed by atoms with Gasteiger partial charge in [0.05, 0.1) is 11.0 Å². The first-order valence-electron chi connectivity index (χ1n) is 29.2. The Labute approximate surface area is 471 Å². The molecule has 3 heteroatoms. The fraction of sp³-hybridized carbons (Fsp3) is 0.169. The third-order valence-electron chi connectivity index (χ3n) is 17.3. The SMILES string of the molecule is C=Cc1ccc(-c2ccc3c(c2)c2cc(-c4ccc(C=C)cc4)ccc2n3-c2ccc3c(c2)C(CCCCCC)(CCCCCC)c2cc(N(c4ccccc4)c4ccc(-c5cccc6c5oc5ccccc56)cc4)ccc2-3)cc1. The van der Waals surface area contributed by atoms with E-state index in [9.17, 15) is 0 Å². The quantitative estimate of drug-likeness (QED) is 0.0753. The standard InChI is InChI=1S/C77H68N2O/c1-5-9-11-18-47-77(48-19-12-10-6-2)71-51-62(78(60-21-14-13-15-22-60)61-39-35-57(36-40-61)64-24-20-25-68-67-23-16-17-26-75(67)80-76(64)68)41-43-65(71)66-44-42-63(52-72(66)77)79-73-45-37-58(55-31-27-53(7-3)28-32-55)49-69(73)70-50-59(38-46-74(70)79)56-33-29-54(8-4)30-34-56/h7-8,13-17,20-46,49-52H,3-6,9-12,18-19,47-48H2,1-2H3. The van der Waals surface area contributed by atoms with Crippen LogP contribution >= 0.6 is 0 Å². The van der Waals surface area contributed by atoms with Crippen LogP contribution in [0.5, 0.6) is 0 Å². The van der Waals surface area contributed by atoms with Crippen molar-refractivity contribution in [3.8, 4) is 50.2 Å². The summed E-state index contributed by atoms with van der Waals surface area (Å²) in [6.45, 7) is 12.7. The van der Waals surface area contributed by atoms with E-state index < -0.39 is 0 Å². The zero-order chi connectivity index (χ0) is 54.2. The predicted molar refractivity (Wildman–Crippen MR) is 343 cm³/mol. The zero-order valence-electron chi connectivity index (χ0n) is 46.2. The van der Waals surface area contributed by atoms with Crippen molar-refractivity contribution >= 4 is 73.0 Å². The van der Waals surface area contributed by atoms with Crippen molar-refractivity contribution in [2.24, 2.45) is 0 Å². The Balaban J connectivity index is 0.959. The van der Waals surface area contributed by atoms with Crippen LogP contribution in [0, 0.1) is 0 Å². The van der Waals surface area contributed by atoms with Gasteiger partial charge >= 0.3 is 0 Å². The molecule has 2 heterocycles. The van der Waals surface area contributed by atoms with Crippen LogP contribution < -0.4 is 4.90 Å². The van der Waals surface area contributed by atoms with Crippen LogP contribution in [0.2, 0.25) is 0 Å². The lowest BCUT2D eigenvalue weighted by Crippen LogP contribution is -2.26. The van der Waals surface area contributed by atoms with Crippen molar-refractivity contribution in [2.75, 3.05) is 4.90 Å². The lowest BCUT2D eigenvalue weighted by Gasteiger charge is -2.34. The fourth-order valence-electron chi connectivity index (χ4n) is 13.2. The average molecular weight is 1040 g/mol. The highest BCUT2D eigenvalue weighted by Crippen LogP contribution is 2.57. The maximum absolute atomic E-state index is 6.53. The van der Waals surface area contributed by atoms with Crippen molar-refractivity contribution in [2.45, 2.75) is 83.5 Å². The highest BCUT2D eigenvalue weighted by molar-refractivity contribution is 6.12. The number of nitrogens with zero attached hydrogens (tertiary/aromatic N) is 2. The van der Waals surface area contributed by atoms with Crippen LogP contribution in [-0.4, -0.2) is 4.57 Å². The summed E-state index contributed by atoms with van der Waals surface area (Å²) >= 11 is 0. The molecule has 392 valence electrons. The smallest absolute Gasteiger partial charge is 0.143 e. The van der Waals surface area contributed by atoms with Crippen LogP contribution in [0.25, 0.3) is 106 Å². The molecule has 3 nitrogen and oxygen atoms in total. The topological polar surface area (TPSA) is 21.3 Å². The van der Waals surface area contributed by atoms with E-state index in [1.807, 2.05) is 18.2 Å². The van der Waals surface area contributed by atoms with Gasteiger partial charge in [-0.1, -0.05) is 230 Å². The largest absolute Gasteiger partial charge is 0.455 e. The molecule has 0 amide bonds. The number of fused-ring (bicyclic) bond motifs is 9. The molecule has 0 atom stereocenters. The average Bonchev–Trinajstić information content (AvgIpc) is 4.15. The van der Waals surface area contributed by atoms with Crippen molar-refractivity contribution < 1.29 is 4.42 Å². The van der Waals surface area contributed by atoms with Gasteiger partial charge < -0.3 is 13.9 Å². The number of hydrogen-bond acceptors (Lipinski definition) is 2. The second-order valence-electron chi connectivity index (χ2n) is 22.1. The molecule has 12 aromatic rings. The molecule has 1 aliphatic rings. The number of hydrogen-bond donors (Lipinski definition) is 0. The lowest BCUT2D eigenvalue weighted by molar-refractivity contribution is 0.401.